The van der Waals surface area contributed by atoms with E-state index in [9.17, 15) is 4.79 Å². The summed E-state index contributed by atoms with van der Waals surface area (Å²) in [6.07, 6.45) is 2.73. The fraction of sp³-hybridized carbons (Fsp3) is 0.533. The molecule has 3 nitrogen and oxygen atoms in total. The van der Waals surface area contributed by atoms with Gasteiger partial charge in [-0.25, -0.2) is 0 Å². The van der Waals surface area contributed by atoms with E-state index in [1.165, 1.54) is 44.3 Å². The minimum absolute atomic E-state index is 0.0159. The zero-order valence-corrected chi connectivity index (χ0v) is 12.1. The van der Waals surface area contributed by atoms with Gasteiger partial charge in [0.2, 0.25) is 5.91 Å². The number of thioether (sulfide) groups is 1. The molecule has 1 aromatic rings. The van der Waals surface area contributed by atoms with E-state index in [4.69, 9.17) is 0 Å². The smallest absolute Gasteiger partial charge is 0.221 e. The highest BCUT2D eigenvalue weighted by Gasteiger charge is 2.34. The fourth-order valence-corrected chi connectivity index (χ4v) is 4.43. The van der Waals surface area contributed by atoms with Gasteiger partial charge in [0.25, 0.3) is 0 Å². The monoisotopic (exact) mass is 276 g/mol. The largest absolute Gasteiger partial charge is 0.326 e. The van der Waals surface area contributed by atoms with Crippen LogP contribution < -0.4 is 5.32 Å². The van der Waals surface area contributed by atoms with Gasteiger partial charge in [-0.1, -0.05) is 0 Å². The molecule has 0 radical (unpaired) electrons. The highest BCUT2D eigenvalue weighted by Crippen LogP contribution is 2.38. The van der Waals surface area contributed by atoms with Crippen molar-refractivity contribution < 1.29 is 4.79 Å². The Morgan fingerprint density at radius 1 is 1.26 bits per heavy atom. The molecule has 0 aliphatic carbocycles. The highest BCUT2D eigenvalue weighted by molar-refractivity contribution is 8.00. The number of fused-ring (bicyclic) bond motifs is 3. The average molecular weight is 276 g/mol. The lowest BCUT2D eigenvalue weighted by atomic mass is 9.88. The molecule has 3 heterocycles. The summed E-state index contributed by atoms with van der Waals surface area (Å²) < 4.78 is 0. The van der Waals surface area contributed by atoms with Crippen molar-refractivity contribution in [1.29, 1.82) is 0 Å². The number of amides is 1. The minimum atomic E-state index is -0.0159. The lowest BCUT2D eigenvalue weighted by molar-refractivity contribution is -0.114. The Morgan fingerprint density at radius 2 is 1.95 bits per heavy atom. The van der Waals surface area contributed by atoms with Crippen LogP contribution in [0.4, 0.5) is 5.69 Å². The van der Waals surface area contributed by atoms with Crippen LogP contribution in [0.25, 0.3) is 0 Å². The Morgan fingerprint density at radius 3 is 2.47 bits per heavy atom. The van der Waals surface area contributed by atoms with E-state index in [1.807, 2.05) is 23.9 Å². The number of anilines is 1. The highest BCUT2D eigenvalue weighted by atomic mass is 32.2. The van der Waals surface area contributed by atoms with Gasteiger partial charge >= 0.3 is 0 Å². The number of hydrogen-bond acceptors (Lipinski definition) is 3. The van der Waals surface area contributed by atoms with Crippen molar-refractivity contribution in [2.24, 2.45) is 5.92 Å². The second kappa shape index (κ2) is 5.55. The van der Waals surface area contributed by atoms with Gasteiger partial charge in [-0.15, -0.1) is 11.8 Å². The zero-order valence-electron chi connectivity index (χ0n) is 11.3. The van der Waals surface area contributed by atoms with Crippen LogP contribution in [-0.2, 0) is 4.79 Å². The summed E-state index contributed by atoms with van der Waals surface area (Å²) in [7, 11) is 0. The summed E-state index contributed by atoms with van der Waals surface area (Å²) in [6.45, 7) is 5.37. The molecule has 1 unspecified atom stereocenters. The van der Waals surface area contributed by atoms with Crippen LogP contribution in [0.1, 0.15) is 19.8 Å². The standard InChI is InChI=1S/C15H20N2OS/c1-11(18)16-13-2-4-14(5-3-13)19-15-10-17-8-6-12(15)7-9-17/h2-5,12,15H,6-10H2,1H3,(H,16,18). The van der Waals surface area contributed by atoms with E-state index in [2.05, 4.69) is 22.3 Å². The molecule has 0 spiro atoms. The number of benzene rings is 1. The lowest BCUT2D eigenvalue weighted by Gasteiger charge is -2.44. The van der Waals surface area contributed by atoms with Crippen LogP contribution in [0.15, 0.2) is 29.2 Å². The molecule has 3 aliphatic heterocycles. The number of nitrogens with one attached hydrogen (secondary N) is 1. The van der Waals surface area contributed by atoms with E-state index >= 15 is 0 Å². The molecule has 4 heteroatoms. The summed E-state index contributed by atoms with van der Waals surface area (Å²) in [5.74, 6) is 0.878. The van der Waals surface area contributed by atoms with Gasteiger partial charge in [0.1, 0.15) is 0 Å². The Balaban J connectivity index is 1.62. The summed E-state index contributed by atoms with van der Waals surface area (Å²) in [4.78, 5) is 14.9. The molecule has 2 bridgehead atoms. The van der Waals surface area contributed by atoms with Crippen LogP contribution in [0.5, 0.6) is 0 Å². The van der Waals surface area contributed by atoms with Gasteiger partial charge in [-0.3, -0.25) is 4.79 Å². The number of hydrogen-bond donors (Lipinski definition) is 1. The maximum absolute atomic E-state index is 11.0. The van der Waals surface area contributed by atoms with Crippen molar-refractivity contribution in [3.63, 3.8) is 0 Å². The average Bonchev–Trinajstić information content (AvgIpc) is 2.42. The molecule has 1 aromatic carbocycles. The van der Waals surface area contributed by atoms with Gasteiger partial charge < -0.3 is 10.2 Å². The summed E-state index contributed by atoms with van der Waals surface area (Å²) in [5.41, 5.74) is 0.880. The lowest BCUT2D eigenvalue weighted by Crippen LogP contribution is -2.48. The van der Waals surface area contributed by atoms with E-state index in [0.717, 1.165) is 16.9 Å². The Kier molecular flexibility index (Phi) is 3.80. The van der Waals surface area contributed by atoms with Crippen molar-refractivity contribution in [1.82, 2.24) is 4.90 Å². The molecule has 1 amide bonds. The number of nitrogens with zero attached hydrogens (tertiary/aromatic N) is 1. The number of rotatable bonds is 3. The van der Waals surface area contributed by atoms with Crippen molar-refractivity contribution in [3.8, 4) is 0 Å². The Labute approximate surface area is 118 Å². The van der Waals surface area contributed by atoms with E-state index in [0.29, 0.717) is 0 Å². The topological polar surface area (TPSA) is 32.3 Å². The van der Waals surface area contributed by atoms with Crippen LogP contribution in [-0.4, -0.2) is 35.7 Å². The zero-order chi connectivity index (χ0) is 13.2. The molecule has 0 saturated carbocycles. The van der Waals surface area contributed by atoms with Crippen molar-refractivity contribution in [2.75, 3.05) is 25.0 Å². The number of piperidine rings is 3. The van der Waals surface area contributed by atoms with E-state index in [1.54, 1.807) is 0 Å². The third-order valence-corrected chi connectivity index (χ3v) is 5.44. The Bertz CT molecular complexity index is 452. The van der Waals surface area contributed by atoms with E-state index in [-0.39, 0.29) is 5.91 Å². The first-order chi connectivity index (χ1) is 9.20. The van der Waals surface area contributed by atoms with Crippen molar-refractivity contribution in [3.05, 3.63) is 24.3 Å². The first-order valence-corrected chi connectivity index (χ1v) is 7.85. The molecule has 3 aliphatic rings. The molecular formula is C15H20N2OS. The molecule has 1 atom stereocenters. The molecular weight excluding hydrogens is 256 g/mol. The number of carbonyl (C=O) groups is 1. The quantitative estimate of drug-likeness (QED) is 0.921. The predicted octanol–water partition coefficient (Wildman–Crippen LogP) is 2.83. The van der Waals surface area contributed by atoms with Gasteiger partial charge in [0, 0.05) is 29.3 Å². The number of carbonyl (C=O) groups excluding carboxylic acids is 1. The fourth-order valence-electron chi connectivity index (χ4n) is 3.04. The second-order valence-electron chi connectivity index (χ2n) is 5.50. The van der Waals surface area contributed by atoms with Crippen LogP contribution in [0.2, 0.25) is 0 Å². The first kappa shape index (κ1) is 13.0. The van der Waals surface area contributed by atoms with Gasteiger partial charge in [-0.2, -0.15) is 0 Å². The maximum Gasteiger partial charge on any atom is 0.221 e. The normalized spacial score (nSPS) is 29.2. The summed E-state index contributed by atoms with van der Waals surface area (Å²) in [5, 5.41) is 3.55. The van der Waals surface area contributed by atoms with Gasteiger partial charge in [0.05, 0.1) is 0 Å². The van der Waals surface area contributed by atoms with Gasteiger partial charge in [0.15, 0.2) is 0 Å². The Hall–Kier alpha value is -1.00. The molecule has 3 saturated heterocycles. The third kappa shape index (κ3) is 3.12. The molecule has 0 aromatic heterocycles. The van der Waals surface area contributed by atoms with Crippen molar-refractivity contribution in [2.45, 2.75) is 29.9 Å². The predicted molar refractivity (Wildman–Crippen MR) is 79.6 cm³/mol. The molecule has 102 valence electrons. The summed E-state index contributed by atoms with van der Waals surface area (Å²) >= 11 is 2.00. The SMILES string of the molecule is CC(=O)Nc1ccc(SC2CN3CCC2CC3)cc1. The second-order valence-corrected chi connectivity index (χ2v) is 6.81. The minimum Gasteiger partial charge on any atom is -0.326 e. The molecule has 3 fully saturated rings. The third-order valence-electron chi connectivity index (χ3n) is 4.06. The maximum atomic E-state index is 11.0. The summed E-state index contributed by atoms with van der Waals surface area (Å²) in [6, 6.07) is 8.22. The van der Waals surface area contributed by atoms with E-state index < -0.39 is 0 Å². The molecule has 4 rings (SSSR count). The molecule has 1 N–H and O–H groups in total. The van der Waals surface area contributed by atoms with Crippen LogP contribution in [0.3, 0.4) is 0 Å². The van der Waals surface area contributed by atoms with Gasteiger partial charge in [-0.05, 0) is 56.1 Å². The van der Waals surface area contributed by atoms with Crippen LogP contribution >= 0.6 is 11.8 Å². The van der Waals surface area contributed by atoms with Crippen LogP contribution in [0, 0.1) is 5.92 Å². The molecule has 19 heavy (non-hydrogen) atoms. The first-order valence-electron chi connectivity index (χ1n) is 6.97. The van der Waals surface area contributed by atoms with Crippen molar-refractivity contribution >= 4 is 23.4 Å².